The summed E-state index contributed by atoms with van der Waals surface area (Å²) in [5.41, 5.74) is 3.17. The number of ether oxygens (including phenoxy) is 1. The number of aromatic nitrogens is 1. The molecule has 2 aliphatic rings. The molecule has 2 aliphatic heterocycles. The highest BCUT2D eigenvalue weighted by Gasteiger charge is 2.35. The van der Waals surface area contributed by atoms with Crippen LogP contribution in [0, 0.1) is 12.7 Å². The van der Waals surface area contributed by atoms with Crippen molar-refractivity contribution in [2.75, 3.05) is 44.7 Å². The molecule has 0 radical (unpaired) electrons. The molecule has 1 aromatic carbocycles. The van der Waals surface area contributed by atoms with Gasteiger partial charge in [-0.1, -0.05) is 6.07 Å². The maximum atomic E-state index is 13.5. The van der Waals surface area contributed by atoms with E-state index in [0.29, 0.717) is 45.1 Å². The summed E-state index contributed by atoms with van der Waals surface area (Å²) in [5, 5.41) is 3.22. The van der Waals surface area contributed by atoms with Crippen LogP contribution in [0.15, 0.2) is 36.4 Å². The molecule has 2 saturated heterocycles. The Labute approximate surface area is 177 Å². The van der Waals surface area contributed by atoms with Gasteiger partial charge in [0.15, 0.2) is 0 Å². The quantitative estimate of drug-likeness (QED) is 0.783. The normalized spacial score (nSPS) is 21.5. The number of hydrogen-bond donors (Lipinski definition) is 1. The van der Waals surface area contributed by atoms with Gasteiger partial charge in [-0.3, -0.25) is 4.98 Å². The number of nitrogens with zero attached hydrogens (tertiary/aromatic N) is 3. The highest BCUT2D eigenvalue weighted by atomic mass is 32.2. The second-order valence-electron chi connectivity index (χ2n) is 7.77. The fourth-order valence-electron chi connectivity index (χ4n) is 4.04. The van der Waals surface area contributed by atoms with Gasteiger partial charge in [0, 0.05) is 54.9 Å². The highest BCUT2D eigenvalue weighted by Crippen LogP contribution is 2.30. The molecular formula is C21H27FN4O3S. The fourth-order valence-corrected chi connectivity index (χ4v) is 5.71. The average molecular weight is 435 g/mol. The molecule has 1 aromatic heterocycles. The van der Waals surface area contributed by atoms with Gasteiger partial charge in [0.05, 0.1) is 13.2 Å². The summed E-state index contributed by atoms with van der Waals surface area (Å²) in [7, 11) is -3.50. The SMILES string of the molecule is Cc1cc(Nc2cccc(F)c2)cc([C@@H]2CCCN(S(=O)(=O)N3CCOCC3)C2)n1. The standard InChI is InChI=1S/C21H27FN4O3S/c1-16-12-20(24-19-6-2-5-18(22)13-19)14-21(23-16)17-4-3-7-26(15-17)30(27,28)25-8-10-29-11-9-25/h2,5-6,12-14,17H,3-4,7-11,15H2,1H3,(H,23,24)/t17-/m1/s1. The lowest BCUT2D eigenvalue weighted by molar-refractivity contribution is 0.0695. The number of aryl methyl sites for hydroxylation is 1. The summed E-state index contributed by atoms with van der Waals surface area (Å²) in [5.74, 6) is -0.287. The molecular weight excluding hydrogens is 407 g/mol. The van der Waals surface area contributed by atoms with Crippen LogP contribution in [-0.4, -0.2) is 61.4 Å². The largest absolute Gasteiger partial charge is 0.379 e. The van der Waals surface area contributed by atoms with Gasteiger partial charge in [-0.05, 0) is 50.1 Å². The molecule has 3 heterocycles. The Bertz CT molecular complexity index is 995. The van der Waals surface area contributed by atoms with Crippen LogP contribution < -0.4 is 5.32 Å². The van der Waals surface area contributed by atoms with Crippen LogP contribution in [0.25, 0.3) is 0 Å². The van der Waals surface area contributed by atoms with Crippen molar-refractivity contribution in [1.82, 2.24) is 13.6 Å². The zero-order chi connectivity index (χ0) is 21.1. The molecule has 4 rings (SSSR count). The molecule has 0 saturated carbocycles. The first-order chi connectivity index (χ1) is 14.4. The Kier molecular flexibility index (Phi) is 6.33. The monoisotopic (exact) mass is 434 g/mol. The Morgan fingerprint density at radius 1 is 1.10 bits per heavy atom. The van der Waals surface area contributed by atoms with Crippen LogP contribution in [0.2, 0.25) is 0 Å². The molecule has 1 N–H and O–H groups in total. The first kappa shape index (κ1) is 21.2. The van der Waals surface area contributed by atoms with E-state index in [-0.39, 0.29) is 11.7 Å². The number of benzene rings is 1. The maximum Gasteiger partial charge on any atom is 0.282 e. The molecule has 9 heteroatoms. The van der Waals surface area contributed by atoms with Crippen molar-refractivity contribution in [3.05, 3.63) is 53.6 Å². The van der Waals surface area contributed by atoms with E-state index in [1.165, 1.54) is 16.4 Å². The van der Waals surface area contributed by atoms with E-state index in [1.54, 1.807) is 16.4 Å². The number of halogens is 1. The molecule has 0 bridgehead atoms. The molecule has 162 valence electrons. The van der Waals surface area contributed by atoms with Gasteiger partial charge >= 0.3 is 0 Å². The summed E-state index contributed by atoms with van der Waals surface area (Å²) >= 11 is 0. The Balaban J connectivity index is 1.52. The van der Waals surface area contributed by atoms with Gasteiger partial charge in [-0.2, -0.15) is 17.0 Å². The van der Waals surface area contributed by atoms with E-state index in [1.807, 2.05) is 19.1 Å². The number of hydrogen-bond acceptors (Lipinski definition) is 5. The van der Waals surface area contributed by atoms with Crippen LogP contribution in [0.5, 0.6) is 0 Å². The van der Waals surface area contributed by atoms with E-state index in [4.69, 9.17) is 4.74 Å². The summed E-state index contributed by atoms with van der Waals surface area (Å²) in [6, 6.07) is 10.1. The van der Waals surface area contributed by atoms with Crippen LogP contribution in [0.4, 0.5) is 15.8 Å². The Morgan fingerprint density at radius 3 is 2.67 bits per heavy atom. The minimum Gasteiger partial charge on any atom is -0.379 e. The smallest absolute Gasteiger partial charge is 0.282 e. The lowest BCUT2D eigenvalue weighted by Gasteiger charge is -2.36. The van der Waals surface area contributed by atoms with Crippen molar-refractivity contribution >= 4 is 21.6 Å². The summed E-state index contributed by atoms with van der Waals surface area (Å²) in [4.78, 5) is 4.68. The fraction of sp³-hybridized carbons (Fsp3) is 0.476. The average Bonchev–Trinajstić information content (AvgIpc) is 2.74. The number of morpholine rings is 1. The zero-order valence-corrected chi connectivity index (χ0v) is 17.9. The second-order valence-corrected chi connectivity index (χ2v) is 9.70. The third-order valence-corrected chi connectivity index (χ3v) is 7.51. The molecule has 0 amide bonds. The molecule has 0 aliphatic carbocycles. The van der Waals surface area contributed by atoms with Crippen molar-refractivity contribution in [2.45, 2.75) is 25.7 Å². The van der Waals surface area contributed by atoms with Gasteiger partial charge in [0.25, 0.3) is 10.2 Å². The van der Waals surface area contributed by atoms with Gasteiger partial charge in [-0.15, -0.1) is 0 Å². The summed E-state index contributed by atoms with van der Waals surface area (Å²) in [6.45, 7) is 4.51. The Hall–Kier alpha value is -2.07. The minimum atomic E-state index is -3.50. The van der Waals surface area contributed by atoms with Crippen LogP contribution in [0.1, 0.15) is 30.1 Å². The molecule has 7 nitrogen and oxygen atoms in total. The van der Waals surface area contributed by atoms with Crippen molar-refractivity contribution in [3.8, 4) is 0 Å². The molecule has 0 spiro atoms. The minimum absolute atomic E-state index is 0.0162. The van der Waals surface area contributed by atoms with E-state index in [0.717, 1.165) is 29.9 Å². The molecule has 0 unspecified atom stereocenters. The molecule has 2 aromatic rings. The molecule has 2 fully saturated rings. The lowest BCUT2D eigenvalue weighted by Crippen LogP contribution is -2.51. The van der Waals surface area contributed by atoms with Crippen LogP contribution in [-0.2, 0) is 14.9 Å². The highest BCUT2D eigenvalue weighted by molar-refractivity contribution is 7.86. The summed E-state index contributed by atoms with van der Waals surface area (Å²) in [6.07, 6.45) is 1.67. The first-order valence-electron chi connectivity index (χ1n) is 10.3. The van der Waals surface area contributed by atoms with Crippen LogP contribution >= 0.6 is 0 Å². The molecule has 1 atom stereocenters. The van der Waals surface area contributed by atoms with Gasteiger partial charge in [-0.25, -0.2) is 4.39 Å². The zero-order valence-electron chi connectivity index (χ0n) is 17.1. The van der Waals surface area contributed by atoms with E-state index in [9.17, 15) is 12.8 Å². The van der Waals surface area contributed by atoms with Crippen molar-refractivity contribution in [1.29, 1.82) is 0 Å². The number of nitrogens with one attached hydrogen (secondary N) is 1. The van der Waals surface area contributed by atoms with Gasteiger partial charge < -0.3 is 10.1 Å². The topological polar surface area (TPSA) is 74.8 Å². The van der Waals surface area contributed by atoms with Gasteiger partial charge in [0.2, 0.25) is 0 Å². The second kappa shape index (κ2) is 8.97. The predicted molar refractivity (Wildman–Crippen MR) is 114 cm³/mol. The Morgan fingerprint density at radius 2 is 1.90 bits per heavy atom. The maximum absolute atomic E-state index is 13.5. The van der Waals surface area contributed by atoms with Gasteiger partial charge in [0.1, 0.15) is 5.82 Å². The van der Waals surface area contributed by atoms with Crippen LogP contribution in [0.3, 0.4) is 0 Å². The lowest BCUT2D eigenvalue weighted by atomic mass is 9.95. The number of anilines is 2. The first-order valence-corrected chi connectivity index (χ1v) is 11.7. The number of piperidine rings is 1. The molecule has 30 heavy (non-hydrogen) atoms. The summed E-state index contributed by atoms with van der Waals surface area (Å²) < 4.78 is 48.0. The van der Waals surface area contributed by atoms with E-state index in [2.05, 4.69) is 10.3 Å². The van der Waals surface area contributed by atoms with Crippen molar-refractivity contribution < 1.29 is 17.5 Å². The third-order valence-electron chi connectivity index (χ3n) is 5.51. The van der Waals surface area contributed by atoms with E-state index < -0.39 is 10.2 Å². The van der Waals surface area contributed by atoms with Crippen molar-refractivity contribution in [2.24, 2.45) is 0 Å². The van der Waals surface area contributed by atoms with E-state index >= 15 is 0 Å². The number of pyridine rings is 1. The predicted octanol–water partition coefficient (Wildman–Crippen LogP) is 3.03. The number of rotatable bonds is 5. The van der Waals surface area contributed by atoms with Crippen molar-refractivity contribution in [3.63, 3.8) is 0 Å². The third kappa shape index (κ3) is 4.80.